The third-order valence-corrected chi connectivity index (χ3v) is 9.84. The predicted octanol–water partition coefficient (Wildman–Crippen LogP) is 4.36. The van der Waals surface area contributed by atoms with Crippen molar-refractivity contribution >= 4 is 43.8 Å². The predicted molar refractivity (Wildman–Crippen MR) is 162 cm³/mol. The van der Waals surface area contributed by atoms with Crippen molar-refractivity contribution in [2.24, 2.45) is 0 Å². The van der Waals surface area contributed by atoms with Gasteiger partial charge in [0.15, 0.2) is 11.0 Å². The van der Waals surface area contributed by atoms with Gasteiger partial charge in [0.1, 0.15) is 23.1 Å². The van der Waals surface area contributed by atoms with E-state index >= 15 is 4.39 Å². The van der Waals surface area contributed by atoms with E-state index in [2.05, 4.69) is 14.9 Å². The molecule has 0 spiro atoms. The summed E-state index contributed by atoms with van der Waals surface area (Å²) in [4.78, 5) is 17.5. The number of benzene rings is 2. The summed E-state index contributed by atoms with van der Waals surface area (Å²) in [5.74, 6) is 0.460. The van der Waals surface area contributed by atoms with E-state index in [-0.39, 0.29) is 22.3 Å². The van der Waals surface area contributed by atoms with E-state index in [1.807, 2.05) is 30.3 Å². The van der Waals surface area contributed by atoms with Crippen molar-refractivity contribution in [3.8, 4) is 22.6 Å². The SMILES string of the molecule is CCCN(c1nc(-c2nc(N)cc(N)n2)cs1)c1cc(-c2ccc(S(=O)(=O)N3CCN(C)CC3)cc2)cc(F)c1C. The number of thiazole rings is 1. The Morgan fingerprint density at radius 1 is 0.976 bits per heavy atom. The van der Waals surface area contributed by atoms with Crippen LogP contribution in [0.3, 0.4) is 0 Å². The summed E-state index contributed by atoms with van der Waals surface area (Å²) in [7, 11) is -1.62. The van der Waals surface area contributed by atoms with Gasteiger partial charge in [-0.3, -0.25) is 0 Å². The van der Waals surface area contributed by atoms with Gasteiger partial charge >= 0.3 is 0 Å². The number of nitrogens with zero attached hydrogens (tertiary/aromatic N) is 6. The number of hydrogen-bond donors (Lipinski definition) is 2. The molecule has 1 fully saturated rings. The van der Waals surface area contributed by atoms with Crippen molar-refractivity contribution < 1.29 is 12.8 Å². The van der Waals surface area contributed by atoms with Gasteiger partial charge in [0, 0.05) is 55.4 Å². The van der Waals surface area contributed by atoms with Crippen LogP contribution in [0.15, 0.2) is 52.7 Å². The van der Waals surface area contributed by atoms with Crippen LogP contribution in [-0.4, -0.2) is 72.3 Å². The van der Waals surface area contributed by atoms with Crippen molar-refractivity contribution in [2.75, 3.05) is 56.1 Å². The lowest BCUT2D eigenvalue weighted by Gasteiger charge is -2.31. The number of piperazine rings is 1. The number of aromatic nitrogens is 3. The fourth-order valence-electron chi connectivity index (χ4n) is 4.74. The van der Waals surface area contributed by atoms with Gasteiger partial charge < -0.3 is 21.3 Å². The highest BCUT2D eigenvalue weighted by molar-refractivity contribution is 7.89. The van der Waals surface area contributed by atoms with E-state index in [4.69, 9.17) is 16.5 Å². The summed E-state index contributed by atoms with van der Waals surface area (Å²) in [5.41, 5.74) is 14.7. The molecule has 2 aromatic carbocycles. The molecule has 4 aromatic rings. The normalized spacial score (nSPS) is 14.8. The van der Waals surface area contributed by atoms with Crippen LogP contribution < -0.4 is 16.4 Å². The molecule has 10 nitrogen and oxygen atoms in total. The monoisotopic (exact) mass is 596 g/mol. The smallest absolute Gasteiger partial charge is 0.243 e. The zero-order valence-corrected chi connectivity index (χ0v) is 24.8. The van der Waals surface area contributed by atoms with E-state index in [0.717, 1.165) is 6.42 Å². The molecule has 4 N–H and O–H groups in total. The van der Waals surface area contributed by atoms with Gasteiger partial charge in [0.2, 0.25) is 10.0 Å². The Kier molecular flexibility index (Phi) is 8.23. The van der Waals surface area contributed by atoms with Gasteiger partial charge in [0.05, 0.1) is 4.90 Å². The third kappa shape index (κ3) is 6.03. The molecule has 41 heavy (non-hydrogen) atoms. The Hall–Kier alpha value is -3.65. The number of nitrogen functional groups attached to an aromatic ring is 2. The van der Waals surface area contributed by atoms with E-state index in [1.54, 1.807) is 31.2 Å². The Bertz CT molecular complexity index is 1630. The molecule has 1 aliphatic rings. The second-order valence-electron chi connectivity index (χ2n) is 10.0. The number of anilines is 4. The first-order chi connectivity index (χ1) is 19.6. The molecule has 5 rings (SSSR count). The fourth-order valence-corrected chi connectivity index (χ4v) is 7.01. The molecule has 216 valence electrons. The fraction of sp³-hybridized carbons (Fsp3) is 0.321. The molecule has 0 radical (unpaired) electrons. The van der Waals surface area contributed by atoms with E-state index in [9.17, 15) is 8.42 Å². The highest BCUT2D eigenvalue weighted by atomic mass is 32.2. The van der Waals surface area contributed by atoms with E-state index in [1.165, 1.54) is 27.8 Å². The van der Waals surface area contributed by atoms with Crippen LogP contribution >= 0.6 is 11.3 Å². The van der Waals surface area contributed by atoms with Crippen LogP contribution in [0.1, 0.15) is 18.9 Å². The van der Waals surface area contributed by atoms with Gasteiger partial charge in [-0.2, -0.15) is 4.31 Å². The summed E-state index contributed by atoms with van der Waals surface area (Å²) in [5, 5.41) is 2.47. The first kappa shape index (κ1) is 28.9. The Morgan fingerprint density at radius 3 is 2.27 bits per heavy atom. The number of halogens is 1. The lowest BCUT2D eigenvalue weighted by atomic mass is 10.0. The molecule has 3 heterocycles. The topological polar surface area (TPSA) is 135 Å². The van der Waals surface area contributed by atoms with E-state index < -0.39 is 10.0 Å². The maximum Gasteiger partial charge on any atom is 0.243 e. The van der Waals surface area contributed by atoms with Crippen molar-refractivity contribution in [3.05, 3.63) is 59.2 Å². The first-order valence-electron chi connectivity index (χ1n) is 13.3. The molecular formula is C28H33FN8O2S2. The molecule has 0 unspecified atom stereocenters. The number of sulfonamides is 1. The molecule has 0 amide bonds. The highest BCUT2D eigenvalue weighted by Crippen LogP contribution is 2.37. The zero-order valence-electron chi connectivity index (χ0n) is 23.2. The summed E-state index contributed by atoms with van der Waals surface area (Å²) in [6, 6.07) is 11.5. The van der Waals surface area contributed by atoms with E-state index in [0.29, 0.717) is 71.8 Å². The molecule has 2 aromatic heterocycles. The average molecular weight is 597 g/mol. The van der Waals surface area contributed by atoms with Gasteiger partial charge in [-0.15, -0.1) is 11.3 Å². The molecule has 0 aliphatic carbocycles. The Labute approximate surface area is 243 Å². The molecule has 13 heteroatoms. The number of likely N-dealkylation sites (N-methyl/N-ethyl adjacent to an activating group) is 1. The Morgan fingerprint density at radius 2 is 1.63 bits per heavy atom. The highest BCUT2D eigenvalue weighted by Gasteiger charge is 2.27. The summed E-state index contributed by atoms with van der Waals surface area (Å²) in [6.45, 7) is 6.67. The van der Waals surface area contributed by atoms with Gasteiger partial charge in [-0.05, 0) is 55.8 Å². The van der Waals surface area contributed by atoms with Crippen LogP contribution in [0.2, 0.25) is 0 Å². The minimum atomic E-state index is -3.60. The molecule has 0 atom stereocenters. The van der Waals surface area contributed by atoms with Crippen molar-refractivity contribution in [1.29, 1.82) is 0 Å². The second-order valence-corrected chi connectivity index (χ2v) is 12.8. The van der Waals surface area contributed by atoms with Crippen LogP contribution in [0.25, 0.3) is 22.6 Å². The minimum Gasteiger partial charge on any atom is -0.384 e. The van der Waals surface area contributed by atoms with Crippen molar-refractivity contribution in [1.82, 2.24) is 24.2 Å². The summed E-state index contributed by atoms with van der Waals surface area (Å²) in [6.07, 6.45) is 0.792. The van der Waals surface area contributed by atoms with Crippen molar-refractivity contribution in [3.63, 3.8) is 0 Å². The zero-order chi connectivity index (χ0) is 29.3. The van der Waals surface area contributed by atoms with Gasteiger partial charge in [-0.25, -0.2) is 27.8 Å². The lowest BCUT2D eigenvalue weighted by molar-refractivity contribution is 0.222. The third-order valence-electron chi connectivity index (χ3n) is 7.06. The van der Waals surface area contributed by atoms with Crippen LogP contribution in [0.5, 0.6) is 0 Å². The maximum atomic E-state index is 15.3. The quantitative estimate of drug-likeness (QED) is 0.304. The average Bonchev–Trinajstić information content (AvgIpc) is 3.43. The number of hydrogen-bond acceptors (Lipinski definition) is 10. The molecular weight excluding hydrogens is 563 g/mol. The molecule has 1 aliphatic heterocycles. The van der Waals surface area contributed by atoms with Gasteiger partial charge in [0.25, 0.3) is 0 Å². The van der Waals surface area contributed by atoms with Crippen LogP contribution in [0, 0.1) is 12.7 Å². The minimum absolute atomic E-state index is 0.228. The molecule has 0 bridgehead atoms. The first-order valence-corrected chi connectivity index (χ1v) is 15.6. The van der Waals surface area contributed by atoms with Crippen LogP contribution in [0.4, 0.5) is 26.8 Å². The van der Waals surface area contributed by atoms with Gasteiger partial charge in [-0.1, -0.05) is 19.1 Å². The number of nitrogens with two attached hydrogens (primary N) is 2. The summed E-state index contributed by atoms with van der Waals surface area (Å²) < 4.78 is 43.2. The standard InChI is InChI=1S/C28H33FN8O2S2/c1-4-9-37(28-32-23(17-40-28)27-33-25(30)16-26(31)34-27)24-15-20(14-22(29)18(24)2)19-5-7-21(8-6-19)41(38,39)36-12-10-35(3)11-13-36/h5-8,14-17H,4,9-13H2,1-3H3,(H4,30,31,33,34). The van der Waals surface area contributed by atoms with Crippen molar-refractivity contribution in [2.45, 2.75) is 25.2 Å². The van der Waals surface area contributed by atoms with Crippen LogP contribution in [-0.2, 0) is 10.0 Å². The largest absolute Gasteiger partial charge is 0.384 e. The lowest BCUT2D eigenvalue weighted by Crippen LogP contribution is -2.46. The molecule has 0 saturated carbocycles. The summed E-state index contributed by atoms with van der Waals surface area (Å²) >= 11 is 1.39. The maximum absolute atomic E-state index is 15.3. The second kappa shape index (κ2) is 11.7. The number of rotatable bonds is 8. The Balaban J connectivity index is 1.47. The molecule has 1 saturated heterocycles.